The van der Waals surface area contributed by atoms with E-state index >= 15 is 0 Å². The molecule has 1 aliphatic rings. The second-order valence-electron chi connectivity index (χ2n) is 4.02. The molecule has 16 heavy (non-hydrogen) atoms. The van der Waals surface area contributed by atoms with Crippen LogP contribution >= 0.6 is 0 Å². The van der Waals surface area contributed by atoms with E-state index in [1.807, 2.05) is 0 Å². The lowest BCUT2D eigenvalue weighted by Crippen LogP contribution is -2.29. The minimum absolute atomic E-state index is 0.167. The third kappa shape index (κ3) is 2.11. The second-order valence-corrected chi connectivity index (χ2v) is 5.92. The first-order valence-electron chi connectivity index (χ1n) is 5.34. The van der Waals surface area contributed by atoms with Crippen molar-refractivity contribution >= 4 is 10.0 Å². The molecular formula is C9H16N4O2S. The molecule has 0 saturated carbocycles. The summed E-state index contributed by atoms with van der Waals surface area (Å²) < 4.78 is 25.6. The van der Waals surface area contributed by atoms with Gasteiger partial charge in [0, 0.05) is 13.1 Å². The van der Waals surface area contributed by atoms with Gasteiger partial charge in [0.15, 0.2) is 5.03 Å². The molecular weight excluding hydrogens is 228 g/mol. The third-order valence-electron chi connectivity index (χ3n) is 2.92. The van der Waals surface area contributed by atoms with Crippen LogP contribution < -0.4 is 5.73 Å². The molecule has 1 saturated heterocycles. The maximum atomic E-state index is 12.1. The summed E-state index contributed by atoms with van der Waals surface area (Å²) in [7, 11) is -3.37. The predicted molar refractivity (Wildman–Crippen MR) is 59.1 cm³/mol. The number of H-pyrrole nitrogens is 1. The Morgan fingerprint density at radius 1 is 1.62 bits per heavy atom. The Morgan fingerprint density at radius 2 is 2.44 bits per heavy atom. The number of aromatic amines is 1. The molecule has 7 heteroatoms. The fourth-order valence-corrected chi connectivity index (χ4v) is 3.44. The average molecular weight is 244 g/mol. The molecule has 0 bridgehead atoms. The highest BCUT2D eigenvalue weighted by molar-refractivity contribution is 7.89. The minimum atomic E-state index is -3.37. The number of hydrogen-bond acceptors (Lipinski definition) is 4. The second kappa shape index (κ2) is 4.52. The number of nitrogens with two attached hydrogens (primary N) is 1. The van der Waals surface area contributed by atoms with Crippen LogP contribution in [0, 0.1) is 5.92 Å². The summed E-state index contributed by atoms with van der Waals surface area (Å²) >= 11 is 0. The number of sulfonamides is 1. The Bertz CT molecular complexity index is 428. The Balaban J connectivity index is 2.10. The van der Waals surface area contributed by atoms with Gasteiger partial charge in [0.05, 0.1) is 6.20 Å². The van der Waals surface area contributed by atoms with E-state index in [0.717, 1.165) is 12.8 Å². The van der Waals surface area contributed by atoms with Crippen LogP contribution in [0.3, 0.4) is 0 Å². The zero-order valence-electron chi connectivity index (χ0n) is 8.96. The molecule has 0 spiro atoms. The van der Waals surface area contributed by atoms with Crippen LogP contribution in [0.1, 0.15) is 12.8 Å². The predicted octanol–water partition coefficient (Wildman–Crippen LogP) is -0.231. The minimum Gasteiger partial charge on any atom is -0.330 e. The highest BCUT2D eigenvalue weighted by Crippen LogP contribution is 2.24. The molecule has 1 atom stereocenters. The van der Waals surface area contributed by atoms with Crippen molar-refractivity contribution in [3.8, 4) is 0 Å². The van der Waals surface area contributed by atoms with Crippen LogP contribution in [-0.2, 0) is 10.0 Å². The van der Waals surface area contributed by atoms with Crippen molar-refractivity contribution in [2.75, 3.05) is 19.6 Å². The van der Waals surface area contributed by atoms with Crippen molar-refractivity contribution in [3.63, 3.8) is 0 Å². The number of aromatic nitrogens is 2. The Kier molecular flexibility index (Phi) is 3.27. The van der Waals surface area contributed by atoms with Gasteiger partial charge in [-0.3, -0.25) is 5.10 Å². The SMILES string of the molecule is NCCC1CCN(S(=O)(=O)c2ccn[nH]2)C1. The molecule has 0 aliphatic carbocycles. The molecule has 1 aromatic heterocycles. The van der Waals surface area contributed by atoms with E-state index in [1.54, 1.807) is 0 Å². The van der Waals surface area contributed by atoms with E-state index < -0.39 is 10.0 Å². The molecule has 2 rings (SSSR count). The van der Waals surface area contributed by atoms with E-state index in [4.69, 9.17) is 5.73 Å². The first-order chi connectivity index (χ1) is 7.64. The van der Waals surface area contributed by atoms with Crippen molar-refractivity contribution in [1.29, 1.82) is 0 Å². The fourth-order valence-electron chi connectivity index (χ4n) is 2.01. The normalized spacial score (nSPS) is 22.7. The standard InChI is InChI=1S/C9H16N4O2S/c10-4-1-8-3-6-13(7-8)16(14,15)9-2-5-11-12-9/h2,5,8H,1,3-4,6-7,10H2,(H,11,12). The zero-order chi connectivity index (χ0) is 11.6. The van der Waals surface area contributed by atoms with Gasteiger partial charge in [-0.2, -0.15) is 9.40 Å². The number of hydrogen-bond donors (Lipinski definition) is 2. The fraction of sp³-hybridized carbons (Fsp3) is 0.667. The summed E-state index contributed by atoms with van der Waals surface area (Å²) in [4.78, 5) is 0. The lowest BCUT2D eigenvalue weighted by molar-refractivity contribution is 0.446. The van der Waals surface area contributed by atoms with Gasteiger partial charge in [-0.15, -0.1) is 0 Å². The molecule has 90 valence electrons. The van der Waals surface area contributed by atoms with Gasteiger partial charge in [0.25, 0.3) is 10.0 Å². The number of nitrogens with zero attached hydrogens (tertiary/aromatic N) is 2. The summed E-state index contributed by atoms with van der Waals surface area (Å²) in [5.41, 5.74) is 5.47. The van der Waals surface area contributed by atoms with Crippen molar-refractivity contribution in [1.82, 2.24) is 14.5 Å². The highest BCUT2D eigenvalue weighted by atomic mass is 32.2. The van der Waals surface area contributed by atoms with E-state index in [9.17, 15) is 8.42 Å². The van der Waals surface area contributed by atoms with Crippen molar-refractivity contribution in [2.45, 2.75) is 17.9 Å². The number of rotatable bonds is 4. The van der Waals surface area contributed by atoms with Crippen molar-refractivity contribution in [2.24, 2.45) is 11.7 Å². The van der Waals surface area contributed by atoms with Gasteiger partial charge in [-0.1, -0.05) is 0 Å². The molecule has 6 nitrogen and oxygen atoms in total. The summed E-state index contributed by atoms with van der Waals surface area (Å²) in [5.74, 6) is 0.391. The Hall–Kier alpha value is -0.920. The maximum absolute atomic E-state index is 12.1. The van der Waals surface area contributed by atoms with Gasteiger partial charge in [-0.05, 0) is 31.4 Å². The van der Waals surface area contributed by atoms with Crippen LogP contribution in [0.5, 0.6) is 0 Å². The van der Waals surface area contributed by atoms with E-state index in [1.165, 1.54) is 16.6 Å². The van der Waals surface area contributed by atoms with Crippen molar-refractivity contribution < 1.29 is 8.42 Å². The largest absolute Gasteiger partial charge is 0.330 e. The third-order valence-corrected chi connectivity index (χ3v) is 4.71. The van der Waals surface area contributed by atoms with Crippen molar-refractivity contribution in [3.05, 3.63) is 12.3 Å². The van der Waals surface area contributed by atoms with Gasteiger partial charge in [0.2, 0.25) is 0 Å². The first-order valence-corrected chi connectivity index (χ1v) is 6.78. The summed E-state index contributed by atoms with van der Waals surface area (Å²) in [6.07, 6.45) is 3.22. The topological polar surface area (TPSA) is 92.1 Å². The summed E-state index contributed by atoms with van der Waals surface area (Å²) in [6, 6.07) is 1.48. The van der Waals surface area contributed by atoms with Gasteiger partial charge in [-0.25, -0.2) is 8.42 Å². The maximum Gasteiger partial charge on any atom is 0.259 e. The Labute approximate surface area is 94.9 Å². The van der Waals surface area contributed by atoms with Crippen LogP contribution in [0.2, 0.25) is 0 Å². The molecule has 0 aromatic carbocycles. The van der Waals surface area contributed by atoms with Gasteiger partial charge in [0.1, 0.15) is 0 Å². The summed E-state index contributed by atoms with van der Waals surface area (Å²) in [6.45, 7) is 1.76. The number of nitrogens with one attached hydrogen (secondary N) is 1. The smallest absolute Gasteiger partial charge is 0.259 e. The van der Waals surface area contributed by atoms with Crippen LogP contribution in [0.4, 0.5) is 0 Å². The van der Waals surface area contributed by atoms with E-state index in [-0.39, 0.29) is 5.03 Å². The summed E-state index contributed by atoms with van der Waals surface area (Å²) in [5, 5.41) is 6.33. The van der Waals surface area contributed by atoms with E-state index in [0.29, 0.717) is 25.6 Å². The van der Waals surface area contributed by atoms with Gasteiger partial charge < -0.3 is 5.73 Å². The lowest BCUT2D eigenvalue weighted by atomic mass is 10.1. The quantitative estimate of drug-likeness (QED) is 0.765. The van der Waals surface area contributed by atoms with Gasteiger partial charge >= 0.3 is 0 Å². The molecule has 0 radical (unpaired) electrons. The average Bonchev–Trinajstić information content (AvgIpc) is 2.88. The van der Waals surface area contributed by atoms with E-state index in [2.05, 4.69) is 10.2 Å². The van der Waals surface area contributed by atoms with Crippen LogP contribution in [0.25, 0.3) is 0 Å². The molecule has 3 N–H and O–H groups in total. The molecule has 1 aliphatic heterocycles. The zero-order valence-corrected chi connectivity index (χ0v) is 9.78. The molecule has 1 aromatic rings. The van der Waals surface area contributed by atoms with Crippen LogP contribution in [0.15, 0.2) is 17.3 Å². The Morgan fingerprint density at radius 3 is 3.06 bits per heavy atom. The van der Waals surface area contributed by atoms with Crippen LogP contribution in [-0.4, -0.2) is 42.6 Å². The molecule has 2 heterocycles. The first kappa shape index (κ1) is 11.6. The molecule has 1 unspecified atom stereocenters. The monoisotopic (exact) mass is 244 g/mol. The lowest BCUT2D eigenvalue weighted by Gasteiger charge is -2.14. The molecule has 0 amide bonds. The molecule has 1 fully saturated rings. The highest BCUT2D eigenvalue weighted by Gasteiger charge is 2.32.